The second kappa shape index (κ2) is 56.5. The maximum Gasteiger partial charge on any atom is 0.222 e. The van der Waals surface area contributed by atoms with Crippen LogP contribution in [0.25, 0.3) is 22.1 Å². The molecule has 0 saturated carbocycles. The molecular weight excluding hydrogens is 1240 g/mol. The van der Waals surface area contributed by atoms with E-state index in [1.807, 2.05) is 27.7 Å². The van der Waals surface area contributed by atoms with Crippen LogP contribution in [0.1, 0.15) is 93.4 Å². The van der Waals surface area contributed by atoms with Crippen LogP contribution in [0.3, 0.4) is 0 Å². The highest BCUT2D eigenvalue weighted by molar-refractivity contribution is 5.99. The highest BCUT2D eigenvalue weighted by Crippen LogP contribution is 2.19. The zero-order valence-corrected chi connectivity index (χ0v) is 57.4. The van der Waals surface area contributed by atoms with Gasteiger partial charge in [-0.15, -0.1) is 0 Å². The molecule has 0 aliphatic rings. The molecule has 2 aromatic heterocycles. The van der Waals surface area contributed by atoms with Crippen LogP contribution in [0, 0.1) is 5.41 Å². The lowest BCUT2D eigenvalue weighted by Crippen LogP contribution is -2.43. The fraction of sp³-hybridized carbons (Fsp3) is 0.742. The van der Waals surface area contributed by atoms with Gasteiger partial charge < -0.3 is 80.9 Å². The number of ketones is 3. The zero-order chi connectivity index (χ0) is 68.4. The first-order valence-corrected chi connectivity index (χ1v) is 33.1. The Kier molecular flexibility index (Phi) is 49.7. The van der Waals surface area contributed by atoms with Gasteiger partial charge in [0.1, 0.15) is 28.6 Å². The molecule has 0 fully saturated rings. The molecule has 4 aromatic rings. The van der Waals surface area contributed by atoms with Gasteiger partial charge in [-0.1, -0.05) is 20.8 Å². The Hall–Kier alpha value is -5.54. The molecule has 29 heteroatoms. The number of rotatable bonds is 63. The van der Waals surface area contributed by atoms with Crippen molar-refractivity contribution in [3.63, 3.8) is 0 Å². The van der Waals surface area contributed by atoms with E-state index >= 15 is 0 Å². The van der Waals surface area contributed by atoms with Crippen molar-refractivity contribution < 1.29 is 104 Å². The number of nitrogens with one attached hydrogen (secondary N) is 1. The lowest BCUT2D eigenvalue weighted by molar-refractivity contribution is -0.890. The van der Waals surface area contributed by atoms with E-state index in [-0.39, 0.29) is 48.2 Å². The molecule has 2 aromatic carbocycles. The van der Waals surface area contributed by atoms with E-state index in [1.54, 1.807) is 36.4 Å². The SMILES string of the molecule is CC(C)(C)CC(=O)CNC(=O)CCOCCOCCOCCOCCOCCOCCOCCOCCCC(=O)c1ccc2nonc2c1.CCN=C=NCCC[N+](C)(C)CCOCCOCCOCCOCCOCCOCCOCCCC(=O)c1ccc2nonc2c1. The number of ether oxygens (including phenoxy) is 15. The third kappa shape index (κ3) is 47.9. The summed E-state index contributed by atoms with van der Waals surface area (Å²) >= 11 is 0. The molecule has 0 aliphatic heterocycles. The van der Waals surface area contributed by atoms with Gasteiger partial charge in [0.25, 0.3) is 0 Å². The van der Waals surface area contributed by atoms with Crippen LogP contribution in [0.4, 0.5) is 0 Å². The summed E-state index contributed by atoms with van der Waals surface area (Å²) in [6.07, 6.45) is 3.70. The Balaban J connectivity index is 0.000000496. The first-order chi connectivity index (χ1) is 46.3. The van der Waals surface area contributed by atoms with E-state index < -0.39 is 0 Å². The minimum absolute atomic E-state index is 0.0212. The number of benzene rings is 2. The number of hydrogen-bond acceptors (Lipinski definition) is 27. The number of aromatic nitrogens is 4. The number of amides is 1. The molecule has 0 saturated heterocycles. The molecule has 95 heavy (non-hydrogen) atoms. The zero-order valence-electron chi connectivity index (χ0n) is 57.4. The van der Waals surface area contributed by atoms with Gasteiger partial charge in [0, 0.05) is 63.0 Å². The van der Waals surface area contributed by atoms with Crippen LogP contribution in [0.5, 0.6) is 0 Å². The largest absolute Gasteiger partial charge is 0.379 e. The predicted octanol–water partition coefficient (Wildman–Crippen LogP) is 5.79. The first kappa shape index (κ1) is 83.7. The van der Waals surface area contributed by atoms with E-state index in [0.29, 0.717) is 257 Å². The van der Waals surface area contributed by atoms with Crippen molar-refractivity contribution in [1.29, 1.82) is 0 Å². The molecule has 0 spiro atoms. The number of likely N-dealkylation sites (N-methyl/N-ethyl adjacent to an activating group) is 1. The summed E-state index contributed by atoms with van der Waals surface area (Å²) in [5, 5.41) is 17.6. The smallest absolute Gasteiger partial charge is 0.222 e. The molecule has 1 N–H and O–H groups in total. The Bertz CT molecular complexity index is 2630. The summed E-state index contributed by atoms with van der Waals surface area (Å²) in [5.41, 5.74) is 3.51. The molecule has 0 aliphatic carbocycles. The fourth-order valence-electron chi connectivity index (χ4n) is 8.21. The second-order valence-electron chi connectivity index (χ2n) is 23.2. The maximum atomic E-state index is 12.3. The summed E-state index contributed by atoms with van der Waals surface area (Å²) in [4.78, 5) is 56.3. The molecular formula is C66H109N8O21+. The van der Waals surface area contributed by atoms with Crippen molar-refractivity contribution >= 4 is 51.3 Å². The van der Waals surface area contributed by atoms with Crippen molar-refractivity contribution in [3.8, 4) is 0 Å². The van der Waals surface area contributed by atoms with E-state index in [9.17, 15) is 19.2 Å². The predicted molar refractivity (Wildman–Crippen MR) is 351 cm³/mol. The highest BCUT2D eigenvalue weighted by atomic mass is 16.6. The second-order valence-corrected chi connectivity index (χ2v) is 23.2. The topological polar surface area (TPSA) is 321 Å². The fourth-order valence-corrected chi connectivity index (χ4v) is 8.21. The summed E-state index contributed by atoms with van der Waals surface area (Å²) < 4.78 is 92.7. The standard InChI is InChI=1S/C34H55N3O12.C32H54N5O9/c1-34(2,3)26-29(38)27-35-33(40)8-10-42-12-14-44-16-18-46-20-22-48-24-23-47-21-19-45-17-15-43-13-11-41-9-4-5-32(39)28-6-7-30-31(25-28)37-49-36-30;1-4-33-28-34-10-6-11-37(2,3)12-14-40-16-18-42-20-22-44-24-26-45-25-23-43-21-19-41-17-15-39-13-5-7-32(38)29-8-9-30-31(27-29)36-46-35-30/h6-7,25H,4-5,8-24,26-27H2,1-3H3,(H,35,40);8-9,27H,4-7,10-26H2,1-3H3/q;+1. The van der Waals surface area contributed by atoms with Gasteiger partial charge in [-0.05, 0) is 82.2 Å². The van der Waals surface area contributed by atoms with Crippen molar-refractivity contribution in [3.05, 3.63) is 47.5 Å². The van der Waals surface area contributed by atoms with Crippen LogP contribution in [-0.4, -0.2) is 299 Å². The summed E-state index contributed by atoms with van der Waals surface area (Å²) in [5.74, 6) is -0.108. The van der Waals surface area contributed by atoms with E-state index in [2.05, 4.69) is 65.3 Å². The molecule has 538 valence electrons. The Labute approximate surface area is 559 Å². The van der Waals surface area contributed by atoms with Gasteiger partial charge in [-0.3, -0.25) is 19.2 Å². The first-order valence-electron chi connectivity index (χ1n) is 33.1. The number of carbonyl (C=O) groups is 4. The van der Waals surface area contributed by atoms with E-state index in [4.69, 9.17) is 71.1 Å². The molecule has 0 unspecified atom stereocenters. The van der Waals surface area contributed by atoms with Gasteiger partial charge in [-0.25, -0.2) is 19.2 Å². The number of hydrogen-bond donors (Lipinski definition) is 1. The Morgan fingerprint density at radius 3 is 1.13 bits per heavy atom. The van der Waals surface area contributed by atoms with Crippen LogP contribution < -0.4 is 5.32 Å². The molecule has 4 rings (SSSR count). The number of fused-ring (bicyclic) bond motifs is 2. The average molecular weight is 1350 g/mol. The average Bonchev–Trinajstić information content (AvgIpc) is 1.88. The number of carbonyl (C=O) groups excluding carboxylic acids is 4. The molecule has 29 nitrogen and oxygen atoms in total. The van der Waals surface area contributed by atoms with Crippen molar-refractivity contribution in [2.45, 2.75) is 72.6 Å². The summed E-state index contributed by atoms with van der Waals surface area (Å²) in [6, 6.07) is 13.0. The van der Waals surface area contributed by atoms with Crippen molar-refractivity contribution in [1.82, 2.24) is 25.9 Å². The molecule has 2 heterocycles. The van der Waals surface area contributed by atoms with Gasteiger partial charge in [0.2, 0.25) is 5.91 Å². The van der Waals surface area contributed by atoms with E-state index in [0.717, 1.165) is 37.1 Å². The lowest BCUT2D eigenvalue weighted by Gasteiger charge is -2.29. The maximum absolute atomic E-state index is 12.3. The van der Waals surface area contributed by atoms with Crippen LogP contribution in [0.2, 0.25) is 0 Å². The minimum Gasteiger partial charge on any atom is -0.379 e. The summed E-state index contributed by atoms with van der Waals surface area (Å²) in [7, 11) is 4.40. The number of Topliss-reactive ketones (excluding diaryl/α,β-unsaturated/α-hetero) is 3. The van der Waals surface area contributed by atoms with Gasteiger partial charge in [0.05, 0.1) is 225 Å². The lowest BCUT2D eigenvalue weighted by atomic mass is 9.90. The number of aliphatic imine (C=N–C) groups is 2. The number of nitrogens with zero attached hydrogens (tertiary/aromatic N) is 7. The Morgan fingerprint density at radius 2 is 0.768 bits per heavy atom. The van der Waals surface area contributed by atoms with Crippen molar-refractivity contribution in [2.24, 2.45) is 15.4 Å². The van der Waals surface area contributed by atoms with Crippen LogP contribution in [-0.2, 0) is 80.6 Å². The minimum atomic E-state index is -0.200. The third-order valence-corrected chi connectivity index (χ3v) is 13.2. The Morgan fingerprint density at radius 1 is 0.432 bits per heavy atom. The summed E-state index contributed by atoms with van der Waals surface area (Å²) in [6.45, 7) is 25.8. The van der Waals surface area contributed by atoms with Crippen LogP contribution >= 0.6 is 0 Å². The third-order valence-electron chi connectivity index (χ3n) is 13.2. The monoisotopic (exact) mass is 1350 g/mol. The normalized spacial score (nSPS) is 11.7. The molecule has 1 amide bonds. The molecule has 0 radical (unpaired) electrons. The molecule has 0 atom stereocenters. The quantitative estimate of drug-likeness (QED) is 0.0236. The number of quaternary nitrogens is 1. The van der Waals surface area contributed by atoms with Crippen molar-refractivity contribution in [2.75, 3.05) is 245 Å². The molecule has 0 bridgehead atoms. The van der Waals surface area contributed by atoms with Gasteiger partial charge in [0.15, 0.2) is 17.3 Å². The van der Waals surface area contributed by atoms with Gasteiger partial charge >= 0.3 is 0 Å². The van der Waals surface area contributed by atoms with E-state index in [1.165, 1.54) is 0 Å². The van der Waals surface area contributed by atoms with Gasteiger partial charge in [-0.2, -0.15) is 0 Å². The highest BCUT2D eigenvalue weighted by Gasteiger charge is 2.17. The van der Waals surface area contributed by atoms with Crippen LogP contribution in [0.15, 0.2) is 55.6 Å².